The van der Waals surface area contributed by atoms with Crippen molar-refractivity contribution in [1.29, 1.82) is 0 Å². The molecule has 0 radical (unpaired) electrons. The summed E-state index contributed by atoms with van der Waals surface area (Å²) in [7, 11) is 0. The first-order valence-corrected chi connectivity index (χ1v) is 6.91. The van der Waals surface area contributed by atoms with Crippen LogP contribution in [0, 0.1) is 0 Å². The fourth-order valence-electron chi connectivity index (χ4n) is 2.27. The van der Waals surface area contributed by atoms with Gasteiger partial charge in [0.15, 0.2) is 5.78 Å². The fourth-order valence-corrected chi connectivity index (χ4v) is 2.46. The Kier molecular flexibility index (Phi) is 5.34. The van der Waals surface area contributed by atoms with Gasteiger partial charge in [-0.2, -0.15) is 0 Å². The van der Waals surface area contributed by atoms with E-state index in [4.69, 9.17) is 16.7 Å². The summed E-state index contributed by atoms with van der Waals surface area (Å²) < 4.78 is 0. The number of hydrogen-bond donors (Lipinski definition) is 1. The van der Waals surface area contributed by atoms with Crippen molar-refractivity contribution < 1.29 is 9.90 Å². The van der Waals surface area contributed by atoms with Crippen LogP contribution in [0.1, 0.15) is 10.4 Å². The number of β-amino-alcohol motifs (C(OH)–C–C–N with tert-alkyl or cyclic N) is 1. The van der Waals surface area contributed by atoms with E-state index in [0.717, 1.165) is 32.7 Å². The molecule has 1 aromatic carbocycles. The summed E-state index contributed by atoms with van der Waals surface area (Å²) in [5, 5.41) is 9.48. The first kappa shape index (κ1) is 14.5. The van der Waals surface area contributed by atoms with Crippen LogP contribution in [0.3, 0.4) is 0 Å². The molecule has 1 fully saturated rings. The third kappa shape index (κ3) is 4.28. The monoisotopic (exact) mass is 282 g/mol. The van der Waals surface area contributed by atoms with Crippen LogP contribution in [0.25, 0.3) is 0 Å². The number of carbonyl (C=O) groups is 1. The van der Waals surface area contributed by atoms with Crippen molar-refractivity contribution in [2.24, 2.45) is 0 Å². The van der Waals surface area contributed by atoms with E-state index < -0.39 is 0 Å². The van der Waals surface area contributed by atoms with Gasteiger partial charge in [-0.25, -0.2) is 0 Å². The Bertz CT molecular complexity index is 431. The Hall–Kier alpha value is -0.940. The summed E-state index contributed by atoms with van der Waals surface area (Å²) in [6.07, 6.45) is 0. The maximum Gasteiger partial charge on any atom is 0.176 e. The molecule has 1 aromatic rings. The van der Waals surface area contributed by atoms with Crippen LogP contribution in [-0.4, -0.2) is 66.6 Å². The van der Waals surface area contributed by atoms with Crippen LogP contribution in [-0.2, 0) is 0 Å². The second kappa shape index (κ2) is 7.01. The summed E-state index contributed by atoms with van der Waals surface area (Å²) >= 11 is 5.89. The van der Waals surface area contributed by atoms with Crippen molar-refractivity contribution in [2.45, 2.75) is 0 Å². The van der Waals surface area contributed by atoms with E-state index >= 15 is 0 Å². The Morgan fingerprint density at radius 1 is 1.21 bits per heavy atom. The zero-order chi connectivity index (χ0) is 13.7. The molecular weight excluding hydrogens is 264 g/mol. The maximum atomic E-state index is 12.1. The molecular formula is C14H19ClN2O2. The lowest BCUT2D eigenvalue weighted by molar-refractivity contribution is 0.0822. The molecule has 0 amide bonds. The van der Waals surface area contributed by atoms with E-state index in [1.54, 1.807) is 24.3 Å². The second-order valence-electron chi connectivity index (χ2n) is 4.77. The van der Waals surface area contributed by atoms with Crippen LogP contribution < -0.4 is 0 Å². The van der Waals surface area contributed by atoms with Crippen molar-refractivity contribution in [3.05, 3.63) is 34.9 Å². The number of nitrogens with zero attached hydrogens (tertiary/aromatic N) is 2. The van der Waals surface area contributed by atoms with Crippen LogP contribution in [0.15, 0.2) is 24.3 Å². The number of rotatable bonds is 5. The molecule has 1 aliphatic rings. The zero-order valence-electron chi connectivity index (χ0n) is 10.9. The minimum absolute atomic E-state index is 0.109. The van der Waals surface area contributed by atoms with Gasteiger partial charge in [0.1, 0.15) is 0 Å². The molecule has 0 spiro atoms. The van der Waals surface area contributed by atoms with E-state index in [9.17, 15) is 4.79 Å². The number of halogens is 1. The van der Waals surface area contributed by atoms with Crippen LogP contribution in [0.4, 0.5) is 0 Å². The number of piperazine rings is 1. The van der Waals surface area contributed by atoms with Gasteiger partial charge in [-0.3, -0.25) is 14.6 Å². The van der Waals surface area contributed by atoms with Gasteiger partial charge < -0.3 is 5.11 Å². The van der Waals surface area contributed by atoms with E-state index in [-0.39, 0.29) is 12.4 Å². The van der Waals surface area contributed by atoms with E-state index in [1.165, 1.54) is 0 Å². The standard InChI is InChI=1S/C14H19ClN2O2/c15-13-3-1-2-12(10-13)14(19)11-17-6-4-16(5-7-17)8-9-18/h1-3,10,18H,4-9,11H2. The topological polar surface area (TPSA) is 43.8 Å². The number of ketones is 1. The molecule has 1 aliphatic heterocycles. The lowest BCUT2D eigenvalue weighted by Crippen LogP contribution is -2.48. The molecule has 19 heavy (non-hydrogen) atoms. The predicted octanol–water partition coefficient (Wildman–Crippen LogP) is 1.13. The minimum Gasteiger partial charge on any atom is -0.395 e. The van der Waals surface area contributed by atoms with E-state index in [2.05, 4.69) is 9.80 Å². The van der Waals surface area contributed by atoms with Gasteiger partial charge in [-0.15, -0.1) is 0 Å². The summed E-state index contributed by atoms with van der Waals surface area (Å²) in [5.74, 6) is 0.109. The largest absolute Gasteiger partial charge is 0.395 e. The Balaban J connectivity index is 1.84. The SMILES string of the molecule is O=C(CN1CCN(CCO)CC1)c1cccc(Cl)c1. The van der Waals surface area contributed by atoms with Gasteiger partial charge in [-0.05, 0) is 12.1 Å². The average molecular weight is 283 g/mol. The molecule has 0 bridgehead atoms. The molecule has 0 unspecified atom stereocenters. The number of benzene rings is 1. The lowest BCUT2D eigenvalue weighted by atomic mass is 10.1. The number of aliphatic hydroxyl groups excluding tert-OH is 1. The Morgan fingerprint density at radius 2 is 1.89 bits per heavy atom. The van der Waals surface area contributed by atoms with Gasteiger partial charge >= 0.3 is 0 Å². The summed E-state index contributed by atoms with van der Waals surface area (Å²) in [6.45, 7) is 4.90. The molecule has 4 nitrogen and oxygen atoms in total. The number of carbonyl (C=O) groups excluding carboxylic acids is 1. The van der Waals surface area contributed by atoms with Crippen molar-refractivity contribution >= 4 is 17.4 Å². The smallest absolute Gasteiger partial charge is 0.176 e. The minimum atomic E-state index is 0.109. The highest BCUT2D eigenvalue weighted by atomic mass is 35.5. The van der Waals surface area contributed by atoms with Gasteiger partial charge in [0, 0.05) is 43.3 Å². The Labute approximate surface area is 118 Å². The van der Waals surface area contributed by atoms with E-state index in [0.29, 0.717) is 17.1 Å². The average Bonchev–Trinajstić information content (AvgIpc) is 2.41. The number of hydrogen-bond acceptors (Lipinski definition) is 4. The van der Waals surface area contributed by atoms with Crippen molar-refractivity contribution in [2.75, 3.05) is 45.9 Å². The van der Waals surface area contributed by atoms with Gasteiger partial charge in [-0.1, -0.05) is 23.7 Å². The lowest BCUT2D eigenvalue weighted by Gasteiger charge is -2.33. The summed E-state index contributed by atoms with van der Waals surface area (Å²) in [6, 6.07) is 7.09. The highest BCUT2D eigenvalue weighted by Gasteiger charge is 2.19. The summed E-state index contributed by atoms with van der Waals surface area (Å²) in [5.41, 5.74) is 0.672. The highest BCUT2D eigenvalue weighted by molar-refractivity contribution is 6.31. The van der Waals surface area contributed by atoms with E-state index in [1.807, 2.05) is 0 Å². The predicted molar refractivity (Wildman–Crippen MR) is 75.7 cm³/mol. The van der Waals surface area contributed by atoms with Crippen molar-refractivity contribution in [3.63, 3.8) is 0 Å². The zero-order valence-corrected chi connectivity index (χ0v) is 11.6. The molecule has 104 valence electrons. The number of aliphatic hydroxyl groups is 1. The molecule has 1 N–H and O–H groups in total. The van der Waals surface area contributed by atoms with Crippen LogP contribution in [0.5, 0.6) is 0 Å². The quantitative estimate of drug-likeness (QED) is 0.823. The third-order valence-electron chi connectivity index (χ3n) is 3.39. The summed E-state index contributed by atoms with van der Waals surface area (Å²) in [4.78, 5) is 16.5. The second-order valence-corrected chi connectivity index (χ2v) is 5.21. The molecule has 2 rings (SSSR count). The van der Waals surface area contributed by atoms with Crippen LogP contribution in [0.2, 0.25) is 5.02 Å². The first-order chi connectivity index (χ1) is 9.19. The normalized spacial score (nSPS) is 17.6. The molecule has 5 heteroatoms. The fraction of sp³-hybridized carbons (Fsp3) is 0.500. The highest BCUT2D eigenvalue weighted by Crippen LogP contribution is 2.12. The van der Waals surface area contributed by atoms with Gasteiger partial charge in [0.25, 0.3) is 0 Å². The van der Waals surface area contributed by atoms with Crippen LogP contribution >= 0.6 is 11.6 Å². The molecule has 1 heterocycles. The number of Topliss-reactive ketones (excluding diaryl/α,β-unsaturated/α-hetero) is 1. The maximum absolute atomic E-state index is 12.1. The molecule has 0 saturated carbocycles. The molecule has 0 aliphatic carbocycles. The van der Waals surface area contributed by atoms with Crippen molar-refractivity contribution in [3.8, 4) is 0 Å². The van der Waals surface area contributed by atoms with Gasteiger partial charge in [0.05, 0.1) is 13.2 Å². The van der Waals surface area contributed by atoms with Crippen molar-refractivity contribution in [1.82, 2.24) is 9.80 Å². The van der Waals surface area contributed by atoms with Gasteiger partial charge in [0.2, 0.25) is 0 Å². The third-order valence-corrected chi connectivity index (χ3v) is 3.63. The Morgan fingerprint density at radius 3 is 2.53 bits per heavy atom. The molecule has 0 atom stereocenters. The molecule has 0 aromatic heterocycles. The molecule has 1 saturated heterocycles. The first-order valence-electron chi connectivity index (χ1n) is 6.53.